The maximum Gasteiger partial charge on any atom is 0.475 e. The van der Waals surface area contributed by atoms with Crippen LogP contribution in [0.3, 0.4) is 0 Å². The molecule has 0 bridgehead atoms. The average Bonchev–Trinajstić information content (AvgIpc) is 3.56. The monoisotopic (exact) mass is 656 g/mol. The molecule has 4 fully saturated rings. The highest BCUT2D eigenvalue weighted by atomic mass is 31.2. The van der Waals surface area contributed by atoms with Crippen molar-refractivity contribution in [3.63, 3.8) is 0 Å². The molecule has 18 nitrogen and oxygen atoms in total. The fourth-order valence-electron chi connectivity index (χ4n) is 4.85. The zero-order chi connectivity index (χ0) is 31.6. The first-order valence-electron chi connectivity index (χ1n) is 13.4. The van der Waals surface area contributed by atoms with Gasteiger partial charge in [0.2, 0.25) is 0 Å². The molecule has 4 rings (SSSR count). The second-order valence-electron chi connectivity index (χ2n) is 10.6. The lowest BCUT2D eigenvalue weighted by atomic mass is 10.1. The Morgan fingerprint density at radius 1 is 0.643 bits per heavy atom. The first-order chi connectivity index (χ1) is 19.5. The van der Waals surface area contributed by atoms with Crippen molar-refractivity contribution < 1.29 is 86.6 Å². The van der Waals surface area contributed by atoms with Crippen molar-refractivity contribution in [2.24, 2.45) is 0 Å². The van der Waals surface area contributed by atoms with E-state index in [9.17, 15) is 39.3 Å². The van der Waals surface area contributed by atoms with Crippen LogP contribution in [0.4, 0.5) is 0 Å². The fourth-order valence-corrected chi connectivity index (χ4v) is 6.97. The van der Waals surface area contributed by atoms with Crippen molar-refractivity contribution in [2.45, 2.75) is 126 Å². The third-order valence-corrected chi connectivity index (χ3v) is 9.02. The third kappa shape index (κ3) is 9.42. The summed E-state index contributed by atoms with van der Waals surface area (Å²) in [6.07, 6.45) is -12.6. The van der Waals surface area contributed by atoms with Gasteiger partial charge in [0.25, 0.3) is 0 Å². The van der Waals surface area contributed by atoms with E-state index in [-0.39, 0.29) is 18.8 Å². The van der Waals surface area contributed by atoms with Gasteiger partial charge in [0.1, 0.15) is 48.8 Å². The Kier molecular flexibility index (Phi) is 12.9. The summed E-state index contributed by atoms with van der Waals surface area (Å²) in [6.45, 7) is 5.64. The van der Waals surface area contributed by atoms with Gasteiger partial charge >= 0.3 is 15.6 Å². The summed E-state index contributed by atoms with van der Waals surface area (Å²) in [5, 5.41) is 56.9. The van der Waals surface area contributed by atoms with Crippen molar-refractivity contribution in [1.29, 1.82) is 0 Å². The van der Waals surface area contributed by atoms with Gasteiger partial charge in [-0.2, -0.15) is 0 Å². The minimum absolute atomic E-state index is 0.175. The number of aliphatic hydroxyl groups is 6. The smallest absolute Gasteiger partial charge is 0.394 e. The molecular weight excluding hydrogens is 614 g/mol. The van der Waals surface area contributed by atoms with Crippen molar-refractivity contribution in [3.8, 4) is 0 Å². The highest BCUT2D eigenvalue weighted by molar-refractivity contribution is 7.47. The number of aliphatic hydroxyl groups excluding tert-OH is 6. The maximum absolute atomic E-state index is 12.0. The molecule has 4 aliphatic rings. The Hall–Kier alpha value is -0.180. The normalized spacial score (nSPS) is 46.7. The Labute approximate surface area is 242 Å². The summed E-state index contributed by atoms with van der Waals surface area (Å²) in [5.74, 6) is 0. The predicted octanol–water partition coefficient (Wildman–Crippen LogP) is -1.75. The lowest BCUT2D eigenvalue weighted by Crippen LogP contribution is -2.37. The number of phosphoric acid groups is 2. The Bertz CT molecular complexity index is 958. The van der Waals surface area contributed by atoms with Crippen molar-refractivity contribution >= 4 is 15.6 Å². The Balaban J connectivity index is 0.000000231. The molecule has 4 heterocycles. The number of rotatable bonds is 10. The van der Waals surface area contributed by atoms with Gasteiger partial charge in [0.05, 0.1) is 37.6 Å². The van der Waals surface area contributed by atoms with Gasteiger partial charge in [-0.1, -0.05) is 0 Å². The summed E-state index contributed by atoms with van der Waals surface area (Å²) in [6, 6.07) is 0. The van der Waals surface area contributed by atoms with Crippen LogP contribution in [-0.4, -0.2) is 139 Å². The van der Waals surface area contributed by atoms with E-state index < -0.39 is 95.9 Å². The van der Waals surface area contributed by atoms with Crippen molar-refractivity contribution in [2.75, 3.05) is 13.2 Å². The van der Waals surface area contributed by atoms with Gasteiger partial charge in [0.15, 0.2) is 12.6 Å². The topological polar surface area (TPSA) is 270 Å². The molecule has 0 aromatic rings. The SMILES string of the molecule is C[C@@H]1O[C@H](OP(=O)(O)O[C@H]2[C@@H](O)[C@H](C)O[C@@H]2CO)[C@@H](O)[C@H]1O.C[C@H]1C[C@H](O)[C@@H](OP(=O)(O)O[C@H]2C[C@H](C)O[C@@H]2CO)O1. The lowest BCUT2D eigenvalue weighted by molar-refractivity contribution is -0.125. The fraction of sp³-hybridized carbons (Fsp3) is 1.00. The van der Waals surface area contributed by atoms with Gasteiger partial charge < -0.3 is 59.4 Å². The van der Waals surface area contributed by atoms with E-state index in [1.807, 2.05) is 0 Å². The van der Waals surface area contributed by atoms with Crippen LogP contribution >= 0.6 is 15.6 Å². The zero-order valence-corrected chi connectivity index (χ0v) is 25.3. The molecule has 16 atom stereocenters. The van der Waals surface area contributed by atoms with Crippen LogP contribution in [-0.2, 0) is 46.2 Å². The minimum Gasteiger partial charge on any atom is -0.394 e. The molecule has 20 heteroatoms. The zero-order valence-electron chi connectivity index (χ0n) is 23.5. The van der Waals surface area contributed by atoms with E-state index >= 15 is 0 Å². The van der Waals surface area contributed by atoms with Gasteiger partial charge in [-0.15, -0.1) is 0 Å². The Morgan fingerprint density at radius 3 is 1.71 bits per heavy atom. The van der Waals surface area contributed by atoms with E-state index in [1.54, 1.807) is 13.8 Å². The first kappa shape index (κ1) is 36.3. The third-order valence-electron chi connectivity index (χ3n) is 7.03. The van der Waals surface area contributed by atoms with Crippen LogP contribution in [0.5, 0.6) is 0 Å². The molecule has 0 aromatic heterocycles. The highest BCUT2D eigenvalue weighted by Gasteiger charge is 2.49. The molecule has 0 radical (unpaired) electrons. The standard InChI is InChI=1S/C11H21O10P.C11H21O8P/c1-4-7(13)9(15)11(19-4)21-22(16,17)20-10-6(3-12)18-5(2)8(10)14;1-6-3-8(13)11(17-6)19-20(14,15)18-9-4-7(2)16-10(9)5-12/h4-15H,3H2,1-2H3,(H,16,17);6-13H,3-5H2,1-2H3,(H,14,15)/t4-,5-,6+,7-,8-,9-,10+,11+;6-,7-,8-,9-,10+,11+/m00/s1. The van der Waals surface area contributed by atoms with Gasteiger partial charge in [-0.3, -0.25) is 18.1 Å². The van der Waals surface area contributed by atoms with Crippen LogP contribution in [0.1, 0.15) is 40.5 Å². The van der Waals surface area contributed by atoms with Gasteiger partial charge in [-0.25, -0.2) is 9.13 Å². The molecule has 0 aromatic carbocycles. The highest BCUT2D eigenvalue weighted by Crippen LogP contribution is 2.51. The van der Waals surface area contributed by atoms with E-state index in [4.69, 9.17) is 47.3 Å². The van der Waals surface area contributed by atoms with E-state index in [2.05, 4.69) is 0 Å². The minimum atomic E-state index is -4.74. The van der Waals surface area contributed by atoms with Gasteiger partial charge in [0, 0.05) is 12.8 Å². The molecule has 42 heavy (non-hydrogen) atoms. The molecule has 4 saturated heterocycles. The molecule has 0 saturated carbocycles. The number of ether oxygens (including phenoxy) is 4. The second-order valence-corrected chi connectivity index (χ2v) is 13.3. The molecule has 0 aliphatic carbocycles. The van der Waals surface area contributed by atoms with E-state index in [0.717, 1.165) is 0 Å². The van der Waals surface area contributed by atoms with Crippen LogP contribution in [0.2, 0.25) is 0 Å². The summed E-state index contributed by atoms with van der Waals surface area (Å²) in [7, 11) is -9.15. The number of phosphoric ester groups is 2. The molecule has 248 valence electrons. The van der Waals surface area contributed by atoms with Crippen molar-refractivity contribution in [3.05, 3.63) is 0 Å². The number of hydrogen-bond donors (Lipinski definition) is 8. The van der Waals surface area contributed by atoms with Crippen LogP contribution in [0, 0.1) is 0 Å². The molecule has 0 spiro atoms. The van der Waals surface area contributed by atoms with E-state index in [0.29, 0.717) is 12.8 Å². The molecule has 8 N–H and O–H groups in total. The quantitative estimate of drug-likeness (QED) is 0.121. The molecule has 0 amide bonds. The molecule has 2 unspecified atom stereocenters. The molecule has 4 aliphatic heterocycles. The summed E-state index contributed by atoms with van der Waals surface area (Å²) >= 11 is 0. The predicted molar refractivity (Wildman–Crippen MR) is 136 cm³/mol. The Morgan fingerprint density at radius 2 is 1.19 bits per heavy atom. The summed E-state index contributed by atoms with van der Waals surface area (Å²) in [4.78, 5) is 19.5. The van der Waals surface area contributed by atoms with Crippen LogP contribution in [0.25, 0.3) is 0 Å². The average molecular weight is 657 g/mol. The first-order valence-corrected chi connectivity index (χ1v) is 16.4. The van der Waals surface area contributed by atoms with Crippen LogP contribution < -0.4 is 0 Å². The van der Waals surface area contributed by atoms with E-state index in [1.165, 1.54) is 13.8 Å². The van der Waals surface area contributed by atoms with Crippen LogP contribution in [0.15, 0.2) is 0 Å². The second kappa shape index (κ2) is 14.9. The lowest BCUT2D eigenvalue weighted by Gasteiger charge is -2.24. The maximum atomic E-state index is 12.0. The van der Waals surface area contributed by atoms with Gasteiger partial charge in [-0.05, 0) is 27.7 Å². The summed E-state index contributed by atoms with van der Waals surface area (Å²) in [5.41, 5.74) is 0. The van der Waals surface area contributed by atoms with Crippen molar-refractivity contribution in [1.82, 2.24) is 0 Å². The largest absolute Gasteiger partial charge is 0.475 e. The number of hydrogen-bond acceptors (Lipinski definition) is 16. The molecular formula is C22H42O18P2. The summed E-state index contributed by atoms with van der Waals surface area (Å²) < 4.78 is 64.0.